The SMILES string of the molecule is CCC/C=C\CCCCCCCC(=O)OC(COCCCCCCCCCCCCCC/C=C\CCCCCCCCCC)COP(=O)([O-])OCC[N+](C)(C)C. The van der Waals surface area contributed by atoms with Gasteiger partial charge in [-0.3, -0.25) is 9.36 Å². The highest BCUT2D eigenvalue weighted by atomic mass is 31.2. The van der Waals surface area contributed by atoms with Crippen molar-refractivity contribution in [1.29, 1.82) is 0 Å². The molecule has 0 aliphatic carbocycles. The molecule has 0 rings (SSSR count). The van der Waals surface area contributed by atoms with Crippen LogP contribution in [-0.4, -0.2) is 70.7 Å². The van der Waals surface area contributed by atoms with E-state index in [1.807, 2.05) is 21.1 Å². The van der Waals surface area contributed by atoms with Gasteiger partial charge in [0.05, 0.1) is 34.4 Å². The van der Waals surface area contributed by atoms with Crippen molar-refractivity contribution in [2.24, 2.45) is 0 Å². The van der Waals surface area contributed by atoms with E-state index in [9.17, 15) is 14.3 Å². The van der Waals surface area contributed by atoms with Crippen molar-refractivity contribution in [1.82, 2.24) is 0 Å². The average molecular weight is 814 g/mol. The van der Waals surface area contributed by atoms with Crippen LogP contribution >= 0.6 is 7.82 Å². The first-order chi connectivity index (χ1) is 27.1. The van der Waals surface area contributed by atoms with Gasteiger partial charge < -0.3 is 27.9 Å². The molecule has 56 heavy (non-hydrogen) atoms. The molecule has 0 heterocycles. The summed E-state index contributed by atoms with van der Waals surface area (Å²) in [6.45, 7) is 5.36. The van der Waals surface area contributed by atoms with E-state index in [2.05, 4.69) is 38.2 Å². The van der Waals surface area contributed by atoms with Crippen molar-refractivity contribution < 1.29 is 37.3 Å². The molecule has 2 unspecified atom stereocenters. The maximum atomic E-state index is 12.6. The van der Waals surface area contributed by atoms with Gasteiger partial charge in [-0.1, -0.05) is 173 Å². The van der Waals surface area contributed by atoms with Gasteiger partial charge in [0, 0.05) is 13.0 Å². The maximum Gasteiger partial charge on any atom is 0.306 e. The van der Waals surface area contributed by atoms with E-state index in [-0.39, 0.29) is 25.8 Å². The summed E-state index contributed by atoms with van der Waals surface area (Å²) < 4.78 is 34.6. The van der Waals surface area contributed by atoms with E-state index in [1.54, 1.807) is 0 Å². The molecule has 0 aliphatic rings. The number of nitrogens with zero attached hydrogens (tertiary/aromatic N) is 1. The van der Waals surface area contributed by atoms with Crippen LogP contribution < -0.4 is 4.89 Å². The molecule has 0 aromatic rings. The van der Waals surface area contributed by atoms with Crippen LogP contribution in [0.25, 0.3) is 0 Å². The van der Waals surface area contributed by atoms with Gasteiger partial charge in [-0.25, -0.2) is 0 Å². The maximum absolute atomic E-state index is 12.6. The van der Waals surface area contributed by atoms with E-state index in [0.29, 0.717) is 24.1 Å². The second-order valence-electron chi connectivity index (χ2n) is 17.1. The highest BCUT2D eigenvalue weighted by molar-refractivity contribution is 7.45. The van der Waals surface area contributed by atoms with Crippen LogP contribution in [0, 0.1) is 0 Å². The van der Waals surface area contributed by atoms with Gasteiger partial charge in [0.25, 0.3) is 7.82 Å². The molecular weight excluding hydrogens is 721 g/mol. The standard InChI is InChI=1S/C47H92NO7P/c1-6-8-10-12-14-16-18-19-20-21-22-23-24-25-26-27-28-29-30-31-33-35-37-39-42-52-44-46(45-54-56(50,51)53-43-41-48(3,4)5)55-47(49)40-38-36-34-32-17-15-13-11-9-7-2/h11,13,21-22,46H,6-10,12,14-20,23-45H2,1-5H3/b13-11-,22-21-. The Morgan fingerprint density at radius 3 is 1.43 bits per heavy atom. The summed E-state index contributed by atoms with van der Waals surface area (Å²) in [6, 6.07) is 0. The lowest BCUT2D eigenvalue weighted by molar-refractivity contribution is -0.870. The fourth-order valence-electron chi connectivity index (χ4n) is 6.54. The Morgan fingerprint density at radius 2 is 0.964 bits per heavy atom. The third-order valence-electron chi connectivity index (χ3n) is 10.2. The van der Waals surface area contributed by atoms with E-state index < -0.39 is 13.9 Å². The van der Waals surface area contributed by atoms with E-state index in [1.165, 1.54) is 141 Å². The largest absolute Gasteiger partial charge is 0.756 e. The number of carbonyl (C=O) groups is 1. The number of likely N-dealkylation sites (N-methyl/N-ethyl adjacent to an activating group) is 1. The average Bonchev–Trinajstić information content (AvgIpc) is 3.15. The van der Waals surface area contributed by atoms with Crippen LogP contribution in [0.1, 0.15) is 213 Å². The molecule has 8 nitrogen and oxygen atoms in total. The number of rotatable bonds is 44. The lowest BCUT2D eigenvalue weighted by Crippen LogP contribution is -2.37. The molecule has 0 fully saturated rings. The minimum Gasteiger partial charge on any atom is -0.756 e. The Hall–Kier alpha value is -1.02. The molecular formula is C47H92NO7P. The minimum atomic E-state index is -4.52. The first-order valence-corrected chi connectivity index (χ1v) is 25.0. The summed E-state index contributed by atoms with van der Waals surface area (Å²) in [5.74, 6) is -0.344. The smallest absolute Gasteiger partial charge is 0.306 e. The van der Waals surface area contributed by atoms with Crippen LogP contribution in [0.5, 0.6) is 0 Å². The number of phosphoric acid groups is 1. The predicted molar refractivity (Wildman–Crippen MR) is 236 cm³/mol. The molecule has 0 bridgehead atoms. The Morgan fingerprint density at radius 1 is 0.536 bits per heavy atom. The Labute approximate surface area is 347 Å². The lowest BCUT2D eigenvalue weighted by atomic mass is 10.0. The van der Waals surface area contributed by atoms with Gasteiger partial charge >= 0.3 is 5.97 Å². The van der Waals surface area contributed by atoms with Gasteiger partial charge in [-0.05, 0) is 57.8 Å². The summed E-state index contributed by atoms with van der Waals surface area (Å²) in [6.07, 6.45) is 46.4. The topological polar surface area (TPSA) is 94.1 Å². The molecule has 0 aromatic heterocycles. The summed E-state index contributed by atoms with van der Waals surface area (Å²) in [5, 5.41) is 0. The summed E-state index contributed by atoms with van der Waals surface area (Å²) in [5.41, 5.74) is 0. The summed E-state index contributed by atoms with van der Waals surface area (Å²) in [4.78, 5) is 25.0. The molecule has 0 saturated heterocycles. The highest BCUT2D eigenvalue weighted by Crippen LogP contribution is 2.38. The van der Waals surface area contributed by atoms with Crippen molar-refractivity contribution in [3.8, 4) is 0 Å². The van der Waals surface area contributed by atoms with E-state index >= 15 is 0 Å². The number of allylic oxidation sites excluding steroid dienone is 4. The second kappa shape index (κ2) is 40.7. The van der Waals surface area contributed by atoms with Gasteiger partial charge in [-0.15, -0.1) is 0 Å². The molecule has 332 valence electrons. The van der Waals surface area contributed by atoms with Gasteiger partial charge in [0.1, 0.15) is 19.3 Å². The molecule has 0 N–H and O–H groups in total. The first-order valence-electron chi connectivity index (χ1n) is 23.6. The number of quaternary nitrogens is 1. The van der Waals surface area contributed by atoms with Crippen LogP contribution in [0.15, 0.2) is 24.3 Å². The number of esters is 1. The molecule has 0 radical (unpaired) electrons. The van der Waals surface area contributed by atoms with Crippen LogP contribution in [0.3, 0.4) is 0 Å². The highest BCUT2D eigenvalue weighted by Gasteiger charge is 2.20. The van der Waals surface area contributed by atoms with Crippen molar-refractivity contribution in [2.75, 3.05) is 54.1 Å². The van der Waals surface area contributed by atoms with E-state index in [4.69, 9.17) is 18.5 Å². The number of ether oxygens (including phenoxy) is 2. The molecule has 0 spiro atoms. The number of unbranched alkanes of at least 4 members (excludes halogenated alkanes) is 26. The quantitative estimate of drug-likeness (QED) is 0.0199. The Bertz CT molecular complexity index is 951. The van der Waals surface area contributed by atoms with Gasteiger partial charge in [0.2, 0.25) is 0 Å². The van der Waals surface area contributed by atoms with Gasteiger partial charge in [-0.2, -0.15) is 0 Å². The molecule has 0 amide bonds. The summed E-state index contributed by atoms with van der Waals surface area (Å²) in [7, 11) is 1.36. The van der Waals surface area contributed by atoms with Crippen LogP contribution in [-0.2, 0) is 27.9 Å². The molecule has 9 heteroatoms. The third kappa shape index (κ3) is 44.1. The van der Waals surface area contributed by atoms with Crippen molar-refractivity contribution in [2.45, 2.75) is 219 Å². The predicted octanol–water partition coefficient (Wildman–Crippen LogP) is 13.4. The minimum absolute atomic E-state index is 0.0258. The fraction of sp³-hybridized carbons (Fsp3) is 0.894. The molecule has 2 atom stereocenters. The molecule has 0 aromatic carbocycles. The van der Waals surface area contributed by atoms with Crippen LogP contribution in [0.4, 0.5) is 0 Å². The molecule has 0 saturated carbocycles. The number of carbonyl (C=O) groups excluding carboxylic acids is 1. The van der Waals surface area contributed by atoms with Crippen molar-refractivity contribution >= 4 is 13.8 Å². The second-order valence-corrected chi connectivity index (χ2v) is 18.5. The zero-order valence-electron chi connectivity index (χ0n) is 37.6. The fourth-order valence-corrected chi connectivity index (χ4v) is 7.27. The zero-order chi connectivity index (χ0) is 41.3. The summed E-state index contributed by atoms with van der Waals surface area (Å²) >= 11 is 0. The normalized spacial score (nSPS) is 13.9. The Kier molecular flexibility index (Phi) is 40.0. The lowest BCUT2D eigenvalue weighted by Gasteiger charge is -2.28. The Balaban J connectivity index is 4.03. The number of hydrogen-bond donors (Lipinski definition) is 0. The number of hydrogen-bond acceptors (Lipinski definition) is 7. The monoisotopic (exact) mass is 814 g/mol. The van der Waals surface area contributed by atoms with Crippen LogP contribution in [0.2, 0.25) is 0 Å². The van der Waals surface area contributed by atoms with Gasteiger partial charge in [0.15, 0.2) is 0 Å². The zero-order valence-corrected chi connectivity index (χ0v) is 38.5. The van der Waals surface area contributed by atoms with E-state index in [0.717, 1.165) is 51.4 Å². The number of phosphoric ester groups is 1. The molecule has 0 aliphatic heterocycles. The van der Waals surface area contributed by atoms with Crippen molar-refractivity contribution in [3.63, 3.8) is 0 Å². The third-order valence-corrected chi connectivity index (χ3v) is 11.2. The van der Waals surface area contributed by atoms with Crippen molar-refractivity contribution in [3.05, 3.63) is 24.3 Å². The first kappa shape index (κ1) is 55.0.